The van der Waals surface area contributed by atoms with Gasteiger partial charge < -0.3 is 20.8 Å². The van der Waals surface area contributed by atoms with Gasteiger partial charge in [-0.2, -0.15) is 0 Å². The zero-order chi connectivity index (χ0) is 15.5. The molecule has 1 fully saturated rings. The molecule has 22 heavy (non-hydrogen) atoms. The van der Waals surface area contributed by atoms with Crippen LogP contribution in [0, 0.1) is 0 Å². The molecule has 0 aliphatic carbocycles. The maximum atomic E-state index is 12.2. The molecular weight excluding hydrogens is 304 g/mol. The monoisotopic (exact) mass is 322 g/mol. The van der Waals surface area contributed by atoms with Crippen molar-refractivity contribution in [1.29, 1.82) is 0 Å². The minimum Gasteiger partial charge on any atom is -0.468 e. The highest BCUT2D eigenvalue weighted by molar-refractivity contribution is 8.00. The topological polar surface area (TPSA) is 91.5 Å². The highest BCUT2D eigenvalue weighted by Gasteiger charge is 2.30. The molecule has 1 amide bonds. The van der Waals surface area contributed by atoms with Crippen LogP contribution in [-0.4, -0.2) is 43.1 Å². The molecule has 1 saturated heterocycles. The van der Waals surface area contributed by atoms with Gasteiger partial charge in [-0.15, -0.1) is 11.8 Å². The van der Waals surface area contributed by atoms with E-state index in [1.807, 2.05) is 12.1 Å². The third kappa shape index (κ3) is 3.03. The number of hydrogen-bond donors (Lipinski definition) is 4. The third-order valence-corrected chi connectivity index (χ3v) is 4.86. The van der Waals surface area contributed by atoms with Gasteiger partial charge in [-0.05, 0) is 18.2 Å². The number of fused-ring (bicyclic) bond motifs is 1. The van der Waals surface area contributed by atoms with Crippen LogP contribution in [0.1, 0.15) is 11.6 Å². The molecular formula is C14H18N4O3S. The second kappa shape index (κ2) is 6.55. The molecule has 2 heterocycles. The Bertz CT molecular complexity index is 589. The van der Waals surface area contributed by atoms with Gasteiger partial charge in [0.05, 0.1) is 18.0 Å². The number of hydrogen-bond acceptors (Lipinski definition) is 7. The van der Waals surface area contributed by atoms with Crippen molar-refractivity contribution in [3.63, 3.8) is 0 Å². The molecule has 7 nitrogen and oxygen atoms in total. The number of methoxy groups -OCH3 is 1. The van der Waals surface area contributed by atoms with Crippen molar-refractivity contribution in [1.82, 2.24) is 10.7 Å². The smallest absolute Gasteiger partial charge is 0.329 e. The Morgan fingerprint density at radius 1 is 1.41 bits per heavy atom. The first-order valence-corrected chi connectivity index (χ1v) is 8.10. The van der Waals surface area contributed by atoms with Crippen LogP contribution in [0.5, 0.6) is 0 Å². The van der Waals surface area contributed by atoms with E-state index in [0.717, 1.165) is 23.5 Å². The van der Waals surface area contributed by atoms with Gasteiger partial charge in [0.2, 0.25) is 5.91 Å². The number of anilines is 2. The van der Waals surface area contributed by atoms with Crippen molar-refractivity contribution in [3.8, 4) is 0 Å². The van der Waals surface area contributed by atoms with Crippen LogP contribution < -0.4 is 21.5 Å². The van der Waals surface area contributed by atoms with E-state index >= 15 is 0 Å². The molecule has 2 unspecified atom stereocenters. The van der Waals surface area contributed by atoms with E-state index in [0.29, 0.717) is 12.2 Å². The largest absolute Gasteiger partial charge is 0.468 e. The highest BCUT2D eigenvalue weighted by atomic mass is 32.2. The number of thioether (sulfide) groups is 1. The van der Waals surface area contributed by atoms with Crippen LogP contribution in [0.4, 0.5) is 11.4 Å². The summed E-state index contributed by atoms with van der Waals surface area (Å²) in [7, 11) is 1.35. The molecule has 4 N–H and O–H groups in total. The second-order valence-corrected chi connectivity index (χ2v) is 6.39. The molecule has 0 saturated carbocycles. The van der Waals surface area contributed by atoms with Crippen molar-refractivity contribution in [2.24, 2.45) is 0 Å². The maximum absolute atomic E-state index is 12.2. The average Bonchev–Trinajstić information content (AvgIpc) is 2.98. The van der Waals surface area contributed by atoms with E-state index in [1.165, 1.54) is 7.11 Å². The number of ether oxygens (including phenoxy) is 1. The number of esters is 1. The fraction of sp³-hybridized carbons (Fsp3) is 0.429. The fourth-order valence-electron chi connectivity index (χ4n) is 2.48. The summed E-state index contributed by atoms with van der Waals surface area (Å²) in [6.45, 7) is 1.61. The van der Waals surface area contributed by atoms with Crippen LogP contribution in [0.25, 0.3) is 0 Å². The van der Waals surface area contributed by atoms with Gasteiger partial charge in [-0.3, -0.25) is 4.79 Å². The molecule has 3 rings (SSSR count). The SMILES string of the molecule is COC(=O)C1NNc2ccc(NC(=O)C3CNCCS3)cc21. The maximum Gasteiger partial charge on any atom is 0.329 e. The van der Waals surface area contributed by atoms with Gasteiger partial charge in [0.1, 0.15) is 0 Å². The summed E-state index contributed by atoms with van der Waals surface area (Å²) in [5.41, 5.74) is 8.04. The lowest BCUT2D eigenvalue weighted by molar-refractivity contribution is -0.142. The Balaban J connectivity index is 1.73. The van der Waals surface area contributed by atoms with Gasteiger partial charge in [0, 0.05) is 30.1 Å². The van der Waals surface area contributed by atoms with Gasteiger partial charge in [-0.1, -0.05) is 0 Å². The molecule has 8 heteroatoms. The molecule has 2 aliphatic rings. The van der Waals surface area contributed by atoms with Crippen molar-refractivity contribution in [2.45, 2.75) is 11.3 Å². The van der Waals surface area contributed by atoms with Gasteiger partial charge in [0.15, 0.2) is 6.04 Å². The van der Waals surface area contributed by atoms with Crippen molar-refractivity contribution in [2.75, 3.05) is 36.7 Å². The number of rotatable bonds is 3. The van der Waals surface area contributed by atoms with E-state index < -0.39 is 6.04 Å². The summed E-state index contributed by atoms with van der Waals surface area (Å²) < 4.78 is 4.77. The summed E-state index contributed by atoms with van der Waals surface area (Å²) >= 11 is 1.65. The summed E-state index contributed by atoms with van der Waals surface area (Å²) in [5.74, 6) is 0.535. The van der Waals surface area contributed by atoms with Crippen molar-refractivity contribution >= 4 is 35.0 Å². The fourth-order valence-corrected chi connectivity index (χ4v) is 3.47. The summed E-state index contributed by atoms with van der Waals surface area (Å²) in [6, 6.07) is 4.87. The van der Waals surface area contributed by atoms with Gasteiger partial charge >= 0.3 is 5.97 Å². The average molecular weight is 322 g/mol. The Morgan fingerprint density at radius 3 is 3.00 bits per heavy atom. The predicted molar refractivity (Wildman–Crippen MR) is 85.7 cm³/mol. The van der Waals surface area contributed by atoms with Crippen LogP contribution in [0.3, 0.4) is 0 Å². The van der Waals surface area contributed by atoms with E-state index in [4.69, 9.17) is 4.74 Å². The predicted octanol–water partition coefficient (Wildman–Crippen LogP) is 0.474. The van der Waals surface area contributed by atoms with Crippen molar-refractivity contribution in [3.05, 3.63) is 23.8 Å². The summed E-state index contributed by atoms with van der Waals surface area (Å²) in [5, 5.41) is 6.03. The van der Waals surface area contributed by atoms with Crippen LogP contribution in [-0.2, 0) is 14.3 Å². The summed E-state index contributed by atoms with van der Waals surface area (Å²) in [4.78, 5) is 24.0. The molecule has 0 aromatic heterocycles. The Kier molecular flexibility index (Phi) is 4.51. The first-order chi connectivity index (χ1) is 10.7. The number of hydrazine groups is 1. The highest BCUT2D eigenvalue weighted by Crippen LogP contribution is 2.31. The quantitative estimate of drug-likeness (QED) is 0.602. The first-order valence-electron chi connectivity index (χ1n) is 7.05. The zero-order valence-corrected chi connectivity index (χ0v) is 13.0. The molecule has 118 valence electrons. The Labute approximate surface area is 132 Å². The molecule has 2 aliphatic heterocycles. The van der Waals surface area contributed by atoms with E-state index in [2.05, 4.69) is 21.5 Å². The number of amides is 1. The van der Waals surface area contributed by atoms with Crippen LogP contribution in [0.15, 0.2) is 18.2 Å². The molecule has 0 spiro atoms. The lowest BCUT2D eigenvalue weighted by atomic mass is 10.1. The molecule has 0 radical (unpaired) electrons. The standard InChI is InChI=1S/C14H18N4O3S/c1-21-14(20)12-9-6-8(2-3-10(9)17-18-12)16-13(19)11-7-15-4-5-22-11/h2-3,6,11-12,15,17-18H,4-5,7H2,1H3,(H,16,19). The minimum atomic E-state index is -0.567. The normalized spacial score (nSPS) is 23.3. The number of benzene rings is 1. The first kappa shape index (κ1) is 15.1. The Morgan fingerprint density at radius 2 is 2.27 bits per heavy atom. The lowest BCUT2D eigenvalue weighted by Crippen LogP contribution is -2.40. The van der Waals surface area contributed by atoms with E-state index in [9.17, 15) is 9.59 Å². The van der Waals surface area contributed by atoms with E-state index in [1.54, 1.807) is 17.8 Å². The Hall–Kier alpha value is -1.77. The molecule has 1 aromatic rings. The van der Waals surface area contributed by atoms with Gasteiger partial charge in [-0.25, -0.2) is 10.2 Å². The molecule has 1 aromatic carbocycles. The lowest BCUT2D eigenvalue weighted by Gasteiger charge is -2.21. The summed E-state index contributed by atoms with van der Waals surface area (Å²) in [6.07, 6.45) is 0. The van der Waals surface area contributed by atoms with Crippen LogP contribution >= 0.6 is 11.8 Å². The van der Waals surface area contributed by atoms with Crippen molar-refractivity contribution < 1.29 is 14.3 Å². The number of nitrogens with one attached hydrogen (secondary N) is 4. The van der Waals surface area contributed by atoms with Crippen LogP contribution in [0.2, 0.25) is 0 Å². The minimum absolute atomic E-state index is 0.0225. The number of carbonyl (C=O) groups is 2. The second-order valence-electron chi connectivity index (χ2n) is 5.08. The van der Waals surface area contributed by atoms with Gasteiger partial charge in [0.25, 0.3) is 0 Å². The zero-order valence-electron chi connectivity index (χ0n) is 12.1. The third-order valence-electron chi connectivity index (χ3n) is 3.64. The molecule has 2 atom stereocenters. The molecule has 0 bridgehead atoms. The number of carbonyl (C=O) groups excluding carboxylic acids is 2. The van der Waals surface area contributed by atoms with E-state index in [-0.39, 0.29) is 17.1 Å².